The van der Waals surface area contributed by atoms with Crippen molar-refractivity contribution in [3.05, 3.63) is 50.9 Å². The predicted molar refractivity (Wildman–Crippen MR) is 116 cm³/mol. The average Bonchev–Trinajstić information content (AvgIpc) is 3.36. The van der Waals surface area contributed by atoms with Crippen molar-refractivity contribution in [1.29, 1.82) is 0 Å². The van der Waals surface area contributed by atoms with Crippen molar-refractivity contribution < 1.29 is 9.47 Å². The van der Waals surface area contributed by atoms with Crippen LogP contribution >= 0.6 is 11.3 Å². The second-order valence-electron chi connectivity index (χ2n) is 7.33. The Morgan fingerprint density at radius 2 is 2.00 bits per heavy atom. The number of hydrogen-bond donors (Lipinski definition) is 2. The van der Waals surface area contributed by atoms with Crippen molar-refractivity contribution in [1.82, 2.24) is 15.0 Å². The Morgan fingerprint density at radius 1 is 1.13 bits per heavy atom. The summed E-state index contributed by atoms with van der Waals surface area (Å²) in [7, 11) is 0. The Balaban J connectivity index is 1.34. The van der Waals surface area contributed by atoms with E-state index in [1.807, 2.05) is 6.07 Å². The molecule has 0 amide bonds. The van der Waals surface area contributed by atoms with Gasteiger partial charge in [-0.2, -0.15) is 5.10 Å². The van der Waals surface area contributed by atoms with E-state index in [0.717, 1.165) is 28.4 Å². The number of fused-ring (bicyclic) bond motifs is 5. The van der Waals surface area contributed by atoms with E-state index in [4.69, 9.17) is 9.47 Å². The zero-order valence-electron chi connectivity index (χ0n) is 15.9. The fraction of sp³-hybridized carbons (Fsp3) is 0.238. The molecule has 0 saturated carbocycles. The highest BCUT2D eigenvalue weighted by atomic mass is 32.1. The fourth-order valence-electron chi connectivity index (χ4n) is 4.05. The Morgan fingerprint density at radius 3 is 2.93 bits per heavy atom. The SMILES string of the molecule is O=c1[nH]c2cc3c(cc2cc1/C=N\Nc1ncnc2sc4c(c12)CCCC4)OCO3. The van der Waals surface area contributed by atoms with Crippen LogP contribution in [0.15, 0.2) is 34.4 Å². The van der Waals surface area contributed by atoms with Crippen molar-refractivity contribution in [2.24, 2.45) is 5.10 Å². The molecule has 0 atom stereocenters. The lowest BCUT2D eigenvalue weighted by Crippen LogP contribution is -2.12. The maximum atomic E-state index is 12.5. The summed E-state index contributed by atoms with van der Waals surface area (Å²) < 4.78 is 10.8. The molecular weight excluding hydrogens is 402 g/mol. The van der Waals surface area contributed by atoms with Crippen LogP contribution in [0.4, 0.5) is 5.82 Å². The number of nitrogens with zero attached hydrogens (tertiary/aromatic N) is 3. The van der Waals surface area contributed by atoms with Crippen molar-refractivity contribution in [3.63, 3.8) is 0 Å². The molecule has 6 rings (SSSR count). The highest BCUT2D eigenvalue weighted by molar-refractivity contribution is 7.19. The van der Waals surface area contributed by atoms with Gasteiger partial charge in [0.2, 0.25) is 6.79 Å². The third-order valence-electron chi connectivity index (χ3n) is 5.49. The topological polar surface area (TPSA) is 101 Å². The quantitative estimate of drug-likeness (QED) is 0.389. The Hall–Kier alpha value is -3.46. The normalized spacial score (nSPS) is 15.2. The molecule has 0 fully saturated rings. The summed E-state index contributed by atoms with van der Waals surface area (Å²) in [5, 5.41) is 6.19. The van der Waals surface area contributed by atoms with Gasteiger partial charge in [0.1, 0.15) is 11.2 Å². The van der Waals surface area contributed by atoms with Crippen molar-refractivity contribution in [3.8, 4) is 11.5 Å². The fourth-order valence-corrected chi connectivity index (χ4v) is 5.28. The number of hydrazone groups is 1. The molecule has 0 bridgehead atoms. The van der Waals surface area contributed by atoms with E-state index in [1.165, 1.54) is 29.5 Å². The van der Waals surface area contributed by atoms with Gasteiger partial charge in [0, 0.05) is 16.3 Å². The van der Waals surface area contributed by atoms with Crippen LogP contribution in [0.25, 0.3) is 21.1 Å². The van der Waals surface area contributed by atoms with E-state index in [1.54, 1.807) is 29.8 Å². The van der Waals surface area contributed by atoms with Crippen molar-refractivity contribution in [2.45, 2.75) is 25.7 Å². The molecule has 150 valence electrons. The van der Waals surface area contributed by atoms with Gasteiger partial charge < -0.3 is 14.5 Å². The summed E-state index contributed by atoms with van der Waals surface area (Å²) in [6.45, 7) is 0.188. The third kappa shape index (κ3) is 2.81. The maximum Gasteiger partial charge on any atom is 0.257 e. The Labute approximate surface area is 174 Å². The van der Waals surface area contributed by atoms with Gasteiger partial charge in [-0.05, 0) is 43.4 Å². The van der Waals surface area contributed by atoms with Crippen LogP contribution in [0, 0.1) is 0 Å². The maximum absolute atomic E-state index is 12.5. The van der Waals surface area contributed by atoms with E-state index in [-0.39, 0.29) is 12.4 Å². The van der Waals surface area contributed by atoms with E-state index in [9.17, 15) is 4.79 Å². The van der Waals surface area contributed by atoms with Crippen molar-refractivity contribution >= 4 is 44.5 Å². The van der Waals surface area contributed by atoms with Gasteiger partial charge in [0.25, 0.3) is 5.56 Å². The highest BCUT2D eigenvalue weighted by Gasteiger charge is 2.20. The van der Waals surface area contributed by atoms with Gasteiger partial charge in [-0.3, -0.25) is 10.2 Å². The van der Waals surface area contributed by atoms with Gasteiger partial charge in [0.15, 0.2) is 17.3 Å². The molecule has 0 spiro atoms. The molecule has 1 aromatic carbocycles. The molecule has 0 radical (unpaired) electrons. The minimum Gasteiger partial charge on any atom is -0.454 e. The van der Waals surface area contributed by atoms with Crippen LogP contribution in [0.1, 0.15) is 28.8 Å². The van der Waals surface area contributed by atoms with Gasteiger partial charge in [0.05, 0.1) is 22.7 Å². The first-order valence-electron chi connectivity index (χ1n) is 9.77. The van der Waals surface area contributed by atoms with Crippen LogP contribution < -0.4 is 20.5 Å². The van der Waals surface area contributed by atoms with Crippen LogP contribution in [0.5, 0.6) is 11.5 Å². The number of nitrogens with one attached hydrogen (secondary N) is 2. The van der Waals surface area contributed by atoms with E-state index in [2.05, 4.69) is 25.5 Å². The Kier molecular flexibility index (Phi) is 3.95. The van der Waals surface area contributed by atoms with E-state index >= 15 is 0 Å². The minimum absolute atomic E-state index is 0.188. The number of pyridine rings is 1. The van der Waals surface area contributed by atoms with E-state index in [0.29, 0.717) is 28.4 Å². The number of thiophene rings is 1. The number of H-pyrrole nitrogens is 1. The molecule has 30 heavy (non-hydrogen) atoms. The minimum atomic E-state index is -0.229. The predicted octanol–water partition coefficient (Wildman–Crippen LogP) is 3.59. The molecule has 2 aliphatic rings. The molecule has 1 aliphatic heterocycles. The summed E-state index contributed by atoms with van der Waals surface area (Å²) in [5.74, 6) is 1.98. The molecule has 1 aliphatic carbocycles. The number of rotatable bonds is 3. The summed E-state index contributed by atoms with van der Waals surface area (Å²) in [5.41, 5.74) is 5.25. The number of anilines is 1. The van der Waals surface area contributed by atoms with E-state index < -0.39 is 0 Å². The second-order valence-corrected chi connectivity index (χ2v) is 8.41. The van der Waals surface area contributed by atoms with Crippen molar-refractivity contribution in [2.75, 3.05) is 12.2 Å². The number of aromatic nitrogens is 3. The van der Waals surface area contributed by atoms with Crippen LogP contribution in [0.2, 0.25) is 0 Å². The number of aryl methyl sites for hydroxylation is 2. The first-order valence-corrected chi connectivity index (χ1v) is 10.6. The number of ether oxygens (including phenoxy) is 2. The smallest absolute Gasteiger partial charge is 0.257 e. The molecule has 4 heterocycles. The van der Waals surface area contributed by atoms with Crippen LogP contribution in [-0.4, -0.2) is 28.0 Å². The lowest BCUT2D eigenvalue weighted by Gasteiger charge is -2.11. The van der Waals surface area contributed by atoms with Crippen LogP contribution in [-0.2, 0) is 12.8 Å². The lowest BCUT2D eigenvalue weighted by atomic mass is 9.97. The summed E-state index contributed by atoms with van der Waals surface area (Å²) in [4.78, 5) is 26.5. The zero-order chi connectivity index (χ0) is 20.1. The average molecular weight is 419 g/mol. The van der Waals surface area contributed by atoms with Gasteiger partial charge in [-0.15, -0.1) is 11.3 Å². The molecule has 4 aromatic rings. The zero-order valence-corrected chi connectivity index (χ0v) is 16.7. The van der Waals surface area contributed by atoms with Gasteiger partial charge >= 0.3 is 0 Å². The molecule has 0 saturated heterocycles. The summed E-state index contributed by atoms with van der Waals surface area (Å²) >= 11 is 1.74. The standard InChI is InChI=1S/C21H17N5O3S/c27-20-12(5-11-6-15-16(29-10-28-15)7-14(11)25-20)8-24-26-19-18-13-3-1-2-4-17(13)30-21(18)23-9-22-19/h5-9H,1-4,10H2,(H,25,27)(H,22,23,26)/b24-8-. The molecule has 2 N–H and O–H groups in total. The molecule has 0 unspecified atom stereocenters. The van der Waals surface area contributed by atoms with Gasteiger partial charge in [-0.1, -0.05) is 0 Å². The lowest BCUT2D eigenvalue weighted by molar-refractivity contribution is 0.174. The second kappa shape index (κ2) is 6.81. The molecule has 8 nitrogen and oxygen atoms in total. The first-order chi connectivity index (χ1) is 14.8. The molecule has 9 heteroatoms. The van der Waals surface area contributed by atoms with Gasteiger partial charge in [-0.25, -0.2) is 9.97 Å². The highest BCUT2D eigenvalue weighted by Crippen LogP contribution is 2.38. The largest absolute Gasteiger partial charge is 0.454 e. The first kappa shape index (κ1) is 17.4. The number of hydrogen-bond acceptors (Lipinski definition) is 8. The monoisotopic (exact) mass is 419 g/mol. The summed E-state index contributed by atoms with van der Waals surface area (Å²) in [6.07, 6.45) is 7.61. The summed E-state index contributed by atoms with van der Waals surface area (Å²) in [6, 6.07) is 5.41. The Bertz CT molecular complexity index is 1390. The third-order valence-corrected chi connectivity index (χ3v) is 6.69. The number of benzene rings is 1. The van der Waals surface area contributed by atoms with Crippen LogP contribution in [0.3, 0.4) is 0 Å². The molecule has 3 aromatic heterocycles. The molecular formula is C21H17N5O3S. The number of aromatic amines is 1.